The van der Waals surface area contributed by atoms with Gasteiger partial charge in [-0.1, -0.05) is 23.7 Å². The molecule has 0 saturated heterocycles. The normalized spacial score (nSPS) is 18.4. The van der Waals surface area contributed by atoms with E-state index in [-0.39, 0.29) is 6.10 Å². The van der Waals surface area contributed by atoms with Gasteiger partial charge in [0.05, 0.1) is 5.69 Å². The maximum atomic E-state index is 10.2. The first-order valence-electron chi connectivity index (χ1n) is 10.9. The SMILES string of the molecule is CCC(O)c1cc2nccc(-c3cc(Cl)cc4c3O[C@@H](c3onc5c3CNCC5)C4)c2o1. The highest BCUT2D eigenvalue weighted by molar-refractivity contribution is 6.31. The molecule has 0 saturated carbocycles. The minimum Gasteiger partial charge on any atom is -0.481 e. The van der Waals surface area contributed by atoms with Crippen molar-refractivity contribution in [2.75, 3.05) is 6.54 Å². The number of aromatic nitrogens is 2. The van der Waals surface area contributed by atoms with Gasteiger partial charge in [-0.05, 0) is 24.6 Å². The van der Waals surface area contributed by atoms with Crippen LogP contribution in [0.25, 0.3) is 22.2 Å². The van der Waals surface area contributed by atoms with Gasteiger partial charge in [-0.3, -0.25) is 4.98 Å². The summed E-state index contributed by atoms with van der Waals surface area (Å²) in [5.74, 6) is 2.03. The molecule has 5 heterocycles. The number of pyridine rings is 1. The van der Waals surface area contributed by atoms with Crippen molar-refractivity contribution in [2.45, 2.75) is 44.9 Å². The smallest absolute Gasteiger partial charge is 0.182 e. The number of rotatable bonds is 4. The Hall–Kier alpha value is -2.87. The van der Waals surface area contributed by atoms with Crippen LogP contribution in [0.5, 0.6) is 5.75 Å². The number of ether oxygens (including phenoxy) is 1. The van der Waals surface area contributed by atoms with Crippen LogP contribution >= 0.6 is 11.6 Å². The Balaban J connectivity index is 1.44. The zero-order chi connectivity index (χ0) is 21.8. The van der Waals surface area contributed by atoms with Crippen LogP contribution in [0, 0.1) is 0 Å². The highest BCUT2D eigenvalue weighted by Gasteiger charge is 2.34. The van der Waals surface area contributed by atoms with Crippen LogP contribution in [0.3, 0.4) is 0 Å². The summed E-state index contributed by atoms with van der Waals surface area (Å²) in [6.45, 7) is 3.54. The van der Waals surface area contributed by atoms with E-state index in [2.05, 4.69) is 15.5 Å². The van der Waals surface area contributed by atoms with Crippen LogP contribution in [0.4, 0.5) is 0 Å². The Morgan fingerprint density at radius 2 is 2.19 bits per heavy atom. The molecule has 0 fully saturated rings. The zero-order valence-corrected chi connectivity index (χ0v) is 18.3. The van der Waals surface area contributed by atoms with Crippen LogP contribution in [0.2, 0.25) is 5.02 Å². The molecule has 0 radical (unpaired) electrons. The second-order valence-corrected chi connectivity index (χ2v) is 8.73. The van der Waals surface area contributed by atoms with E-state index in [0.29, 0.717) is 34.7 Å². The van der Waals surface area contributed by atoms with Crippen molar-refractivity contribution in [3.8, 4) is 16.9 Å². The third-order valence-electron chi connectivity index (χ3n) is 6.27. The van der Waals surface area contributed by atoms with Crippen LogP contribution in [0.1, 0.15) is 53.9 Å². The maximum Gasteiger partial charge on any atom is 0.182 e. The molecule has 0 spiro atoms. The highest BCUT2D eigenvalue weighted by atomic mass is 35.5. The number of aliphatic hydroxyl groups is 1. The minimum absolute atomic E-state index is 0.259. The number of hydrogen-bond donors (Lipinski definition) is 2. The number of benzene rings is 1. The lowest BCUT2D eigenvalue weighted by Crippen LogP contribution is -2.24. The third kappa shape index (κ3) is 3.11. The Morgan fingerprint density at radius 1 is 1.28 bits per heavy atom. The molecule has 164 valence electrons. The summed E-state index contributed by atoms with van der Waals surface area (Å²) in [7, 11) is 0. The van der Waals surface area contributed by atoms with Crippen LogP contribution < -0.4 is 10.1 Å². The Morgan fingerprint density at radius 3 is 3.06 bits per heavy atom. The molecule has 2 atom stereocenters. The van der Waals surface area contributed by atoms with Gasteiger partial charge in [0.25, 0.3) is 0 Å². The molecule has 6 rings (SSSR count). The number of furan rings is 1. The van der Waals surface area contributed by atoms with E-state index in [9.17, 15) is 5.11 Å². The third-order valence-corrected chi connectivity index (χ3v) is 6.48. The van der Waals surface area contributed by atoms with E-state index in [0.717, 1.165) is 59.0 Å². The molecule has 4 aromatic rings. The summed E-state index contributed by atoms with van der Waals surface area (Å²) >= 11 is 6.51. The highest BCUT2D eigenvalue weighted by Crippen LogP contribution is 2.47. The molecule has 2 N–H and O–H groups in total. The van der Waals surface area contributed by atoms with E-state index in [1.54, 1.807) is 12.3 Å². The average Bonchev–Trinajstić information content (AvgIpc) is 3.53. The van der Waals surface area contributed by atoms with Crippen molar-refractivity contribution < 1.29 is 18.8 Å². The number of hydrogen-bond acceptors (Lipinski definition) is 7. The number of nitrogens with zero attached hydrogens (tertiary/aromatic N) is 2. The van der Waals surface area contributed by atoms with Crippen LogP contribution in [0.15, 0.2) is 39.4 Å². The molecule has 2 aliphatic heterocycles. The van der Waals surface area contributed by atoms with Crippen molar-refractivity contribution in [3.05, 3.63) is 63.8 Å². The summed E-state index contributed by atoms with van der Waals surface area (Å²) in [4.78, 5) is 4.42. The molecule has 32 heavy (non-hydrogen) atoms. The van der Waals surface area contributed by atoms with Gasteiger partial charge in [0, 0.05) is 65.5 Å². The zero-order valence-electron chi connectivity index (χ0n) is 17.5. The number of nitrogens with one attached hydrogen (secondary N) is 1. The van der Waals surface area contributed by atoms with Gasteiger partial charge < -0.3 is 24.1 Å². The van der Waals surface area contributed by atoms with Crippen LogP contribution in [-0.4, -0.2) is 21.8 Å². The number of halogens is 1. The fraction of sp³-hybridized carbons (Fsp3) is 0.333. The van der Waals surface area contributed by atoms with Gasteiger partial charge in [-0.15, -0.1) is 0 Å². The topological polar surface area (TPSA) is 93.6 Å². The lowest BCUT2D eigenvalue weighted by molar-refractivity contribution is 0.148. The summed E-state index contributed by atoms with van der Waals surface area (Å²) in [5, 5.41) is 18.5. The molecular weight excluding hydrogens is 430 g/mol. The van der Waals surface area contributed by atoms with Crippen molar-refractivity contribution in [2.24, 2.45) is 0 Å². The van der Waals surface area contributed by atoms with Gasteiger partial charge in [-0.2, -0.15) is 0 Å². The predicted molar refractivity (Wildman–Crippen MR) is 119 cm³/mol. The van der Waals surface area contributed by atoms with Gasteiger partial charge >= 0.3 is 0 Å². The number of aliphatic hydroxyl groups excluding tert-OH is 1. The first kappa shape index (κ1) is 19.8. The molecule has 0 amide bonds. The van der Waals surface area contributed by atoms with Gasteiger partial charge in [0.1, 0.15) is 23.1 Å². The van der Waals surface area contributed by atoms with Crippen molar-refractivity contribution in [3.63, 3.8) is 0 Å². The second kappa shape index (κ2) is 7.62. The molecule has 1 unspecified atom stereocenters. The monoisotopic (exact) mass is 451 g/mol. The first-order chi connectivity index (χ1) is 15.6. The average molecular weight is 452 g/mol. The molecule has 8 heteroatoms. The molecule has 3 aromatic heterocycles. The van der Waals surface area contributed by atoms with E-state index in [1.165, 1.54) is 0 Å². The fourth-order valence-electron chi connectivity index (χ4n) is 4.62. The lowest BCUT2D eigenvalue weighted by atomic mass is 9.99. The van der Waals surface area contributed by atoms with Crippen molar-refractivity contribution >= 4 is 22.7 Å². The maximum absolute atomic E-state index is 10.2. The summed E-state index contributed by atoms with van der Waals surface area (Å²) in [6.07, 6.45) is 2.86. The molecule has 2 aliphatic rings. The second-order valence-electron chi connectivity index (χ2n) is 8.30. The summed E-state index contributed by atoms with van der Waals surface area (Å²) in [6, 6.07) is 7.49. The van der Waals surface area contributed by atoms with Gasteiger partial charge in [-0.25, -0.2) is 0 Å². The first-order valence-corrected chi connectivity index (χ1v) is 11.2. The largest absolute Gasteiger partial charge is 0.481 e. The van der Waals surface area contributed by atoms with E-state index in [4.69, 9.17) is 25.3 Å². The fourth-order valence-corrected chi connectivity index (χ4v) is 4.86. The predicted octanol–water partition coefficient (Wildman–Crippen LogP) is 4.90. The molecule has 1 aromatic carbocycles. The summed E-state index contributed by atoms with van der Waals surface area (Å²) < 4.78 is 18.2. The number of fused-ring (bicyclic) bond motifs is 3. The molecule has 0 aliphatic carbocycles. The molecule has 7 nitrogen and oxygen atoms in total. The molecule has 0 bridgehead atoms. The van der Waals surface area contributed by atoms with Gasteiger partial charge in [0.2, 0.25) is 0 Å². The van der Waals surface area contributed by atoms with Crippen LogP contribution in [-0.2, 0) is 19.4 Å². The Labute approximate surface area is 189 Å². The Kier molecular flexibility index (Phi) is 4.71. The Bertz CT molecular complexity index is 1330. The van der Waals surface area contributed by atoms with E-state index < -0.39 is 6.10 Å². The van der Waals surface area contributed by atoms with E-state index >= 15 is 0 Å². The van der Waals surface area contributed by atoms with Crippen molar-refractivity contribution in [1.29, 1.82) is 0 Å². The minimum atomic E-state index is -0.672. The molecular formula is C24H22ClN3O4. The summed E-state index contributed by atoms with van der Waals surface area (Å²) in [5.41, 5.74) is 6.06. The van der Waals surface area contributed by atoms with E-state index in [1.807, 2.05) is 25.1 Å². The van der Waals surface area contributed by atoms with Crippen molar-refractivity contribution in [1.82, 2.24) is 15.5 Å². The standard InChI is InChI=1S/C24H22ClN3O4/c1-2-19(29)20-10-18-23(30-20)14(3-6-27-18)15-9-13(25)7-12-8-21(31-22(12)15)24-16-11-26-5-4-17(16)28-32-24/h3,6-7,9-10,19,21,26,29H,2,4-5,8,11H2,1H3/t19?,21-/m1/s1. The quantitative estimate of drug-likeness (QED) is 0.455. The van der Waals surface area contributed by atoms with Gasteiger partial charge in [0.15, 0.2) is 17.4 Å². The lowest BCUT2D eigenvalue weighted by Gasteiger charge is -2.15.